The Balaban J connectivity index is 3.45. The Morgan fingerprint density at radius 1 is 0.346 bits per heavy atom. The summed E-state index contributed by atoms with van der Waals surface area (Å²) in [6.07, 6.45) is 90.9. The van der Waals surface area contributed by atoms with Gasteiger partial charge in [-0.25, -0.2) is 0 Å². The van der Waals surface area contributed by atoms with E-state index in [1.165, 1.54) is 334 Å². The summed E-state index contributed by atoms with van der Waals surface area (Å²) in [6.45, 7) is 4.94. The fourth-order valence-corrected chi connectivity index (χ4v) is 11.6. The predicted octanol–water partition coefficient (Wildman–Crippen LogP) is 23.9. The molecule has 478 valence electrons. The molecular weight excluding hydrogens is 995 g/mol. The third kappa shape index (κ3) is 67.1. The Labute approximate surface area is 506 Å². The van der Waals surface area contributed by atoms with Crippen LogP contribution in [0.1, 0.15) is 406 Å². The third-order valence-electron chi connectivity index (χ3n) is 17.2. The first-order chi connectivity index (χ1) is 40.0. The second-order valence-electron chi connectivity index (χ2n) is 25.3. The number of rotatable bonds is 69. The molecule has 0 aromatic heterocycles. The summed E-state index contributed by atoms with van der Waals surface area (Å²) in [4.78, 5) is 24.6. The normalized spacial score (nSPS) is 12.7. The van der Waals surface area contributed by atoms with Gasteiger partial charge in [0.1, 0.15) is 0 Å². The fraction of sp³-hybridized carbons (Fsp3) is 0.893. The van der Waals surface area contributed by atoms with Crippen LogP contribution in [0.2, 0.25) is 0 Å². The van der Waals surface area contributed by atoms with Crippen LogP contribution in [0.25, 0.3) is 0 Å². The number of ether oxygens (including phenoxy) is 1. The van der Waals surface area contributed by atoms with Crippen molar-refractivity contribution in [2.24, 2.45) is 0 Å². The molecule has 0 heterocycles. The van der Waals surface area contributed by atoms with Crippen LogP contribution in [0, 0.1) is 0 Å². The van der Waals surface area contributed by atoms with E-state index in [1.54, 1.807) is 6.08 Å². The smallest absolute Gasteiger partial charge is 0.305 e. The summed E-state index contributed by atoms with van der Waals surface area (Å²) in [5.74, 6) is -0.0578. The number of unbranched alkanes of at least 4 members (excludes halogenated alkanes) is 54. The highest BCUT2D eigenvalue weighted by Gasteiger charge is 2.18. The van der Waals surface area contributed by atoms with Gasteiger partial charge in [0.15, 0.2) is 0 Å². The Morgan fingerprint density at radius 2 is 0.617 bits per heavy atom. The minimum Gasteiger partial charge on any atom is -0.466 e. The van der Waals surface area contributed by atoms with E-state index in [1.807, 2.05) is 6.08 Å². The molecule has 0 saturated heterocycles. The molecule has 81 heavy (non-hydrogen) atoms. The van der Waals surface area contributed by atoms with Crippen LogP contribution in [0.15, 0.2) is 36.5 Å². The van der Waals surface area contributed by atoms with E-state index >= 15 is 0 Å². The molecule has 0 bridgehead atoms. The van der Waals surface area contributed by atoms with Gasteiger partial charge in [0, 0.05) is 12.8 Å². The Hall–Kier alpha value is -1.92. The van der Waals surface area contributed by atoms with Crippen molar-refractivity contribution in [1.82, 2.24) is 5.32 Å². The lowest BCUT2D eigenvalue weighted by molar-refractivity contribution is -0.143. The average Bonchev–Trinajstić information content (AvgIpc) is 3.47. The minimum absolute atomic E-state index is 0.0121. The number of nitrogens with one attached hydrogen (secondary N) is 1. The Morgan fingerprint density at radius 3 is 0.938 bits per heavy atom. The average molecular weight is 1140 g/mol. The van der Waals surface area contributed by atoms with E-state index in [-0.39, 0.29) is 18.5 Å². The second kappa shape index (κ2) is 70.6. The molecule has 6 nitrogen and oxygen atoms in total. The van der Waals surface area contributed by atoms with Crippen LogP contribution >= 0.6 is 0 Å². The molecule has 0 aliphatic rings. The molecule has 0 saturated carbocycles. The van der Waals surface area contributed by atoms with E-state index in [4.69, 9.17) is 4.74 Å². The summed E-state index contributed by atoms with van der Waals surface area (Å²) >= 11 is 0. The maximum atomic E-state index is 12.5. The molecule has 1 amide bonds. The van der Waals surface area contributed by atoms with Crippen molar-refractivity contribution in [2.45, 2.75) is 418 Å². The zero-order valence-electron chi connectivity index (χ0n) is 54.8. The second-order valence-corrected chi connectivity index (χ2v) is 25.3. The topological polar surface area (TPSA) is 95.9 Å². The van der Waals surface area contributed by atoms with Gasteiger partial charge in [-0.3, -0.25) is 9.59 Å². The number of hydrogen-bond acceptors (Lipinski definition) is 5. The zero-order valence-corrected chi connectivity index (χ0v) is 54.8. The largest absolute Gasteiger partial charge is 0.466 e. The van der Waals surface area contributed by atoms with E-state index < -0.39 is 12.1 Å². The molecule has 0 radical (unpaired) electrons. The van der Waals surface area contributed by atoms with Crippen LogP contribution in [0.3, 0.4) is 0 Å². The summed E-state index contributed by atoms with van der Waals surface area (Å²) in [5.41, 5.74) is 0. The number of amides is 1. The summed E-state index contributed by atoms with van der Waals surface area (Å²) in [5, 5.41) is 23.3. The van der Waals surface area contributed by atoms with Crippen LogP contribution in [-0.4, -0.2) is 47.4 Å². The molecule has 0 aliphatic heterocycles. The lowest BCUT2D eigenvalue weighted by Gasteiger charge is -2.20. The van der Waals surface area contributed by atoms with E-state index in [0.717, 1.165) is 44.9 Å². The molecule has 0 spiro atoms. The first-order valence-corrected chi connectivity index (χ1v) is 36.8. The predicted molar refractivity (Wildman–Crippen MR) is 356 cm³/mol. The van der Waals surface area contributed by atoms with Crippen LogP contribution in [0.4, 0.5) is 0 Å². The fourth-order valence-electron chi connectivity index (χ4n) is 11.6. The highest BCUT2D eigenvalue weighted by atomic mass is 16.5. The lowest BCUT2D eigenvalue weighted by atomic mass is 10.0. The maximum Gasteiger partial charge on any atom is 0.305 e. The molecule has 2 unspecified atom stereocenters. The van der Waals surface area contributed by atoms with Gasteiger partial charge in [-0.05, 0) is 64.2 Å². The highest BCUT2D eigenvalue weighted by molar-refractivity contribution is 5.76. The number of esters is 1. The van der Waals surface area contributed by atoms with Gasteiger partial charge in [-0.2, -0.15) is 0 Å². The summed E-state index contributed by atoms with van der Waals surface area (Å²) in [7, 11) is 0. The molecule has 0 rings (SSSR count). The highest BCUT2D eigenvalue weighted by Crippen LogP contribution is 2.19. The lowest BCUT2D eigenvalue weighted by Crippen LogP contribution is -2.45. The minimum atomic E-state index is -0.850. The molecule has 3 N–H and O–H groups in total. The molecule has 6 heteroatoms. The number of hydrogen-bond donors (Lipinski definition) is 3. The van der Waals surface area contributed by atoms with Crippen molar-refractivity contribution in [2.75, 3.05) is 13.2 Å². The Kier molecular flexibility index (Phi) is 68.9. The van der Waals surface area contributed by atoms with Crippen molar-refractivity contribution in [3.63, 3.8) is 0 Å². The van der Waals surface area contributed by atoms with E-state index in [0.29, 0.717) is 19.4 Å². The SMILES string of the molecule is CCCCCCCCCCCCCCCCCCCCCCCC/C=C/C(O)C(CO)NC(=O)CCCCCCCCCCC/C=C\C/C=C\CCCCCCCCCCCOC(=O)CCCCCCCCCCCCCCCCC. The monoisotopic (exact) mass is 1140 g/mol. The maximum absolute atomic E-state index is 12.5. The molecule has 0 aromatic rings. The van der Waals surface area contributed by atoms with Crippen LogP contribution in [-0.2, 0) is 14.3 Å². The number of aliphatic hydroxyl groups is 2. The first-order valence-electron chi connectivity index (χ1n) is 36.8. The van der Waals surface area contributed by atoms with Crippen molar-refractivity contribution >= 4 is 11.9 Å². The van der Waals surface area contributed by atoms with E-state index in [9.17, 15) is 19.8 Å². The van der Waals surface area contributed by atoms with Crippen molar-refractivity contribution in [1.29, 1.82) is 0 Å². The standard InChI is InChI=1S/C75H143NO5/c1-3-5-7-9-11-13-15-17-19-20-21-22-23-27-30-33-36-40-43-47-51-55-59-63-67-73(78)72(71-77)76-74(79)68-64-60-56-52-48-44-41-37-34-31-28-25-24-26-29-32-35-38-42-46-50-54-58-62-66-70-81-75(80)69-65-61-57-53-49-45-39-18-16-14-12-10-8-6-4-2/h25-26,28-29,63,67,72-73,77-78H,3-24,27,30-62,64-66,68-71H2,1-2H3,(H,76,79)/b28-25-,29-26-,67-63+. The van der Waals surface area contributed by atoms with Gasteiger partial charge >= 0.3 is 5.97 Å². The zero-order chi connectivity index (χ0) is 58.5. The first kappa shape index (κ1) is 79.1. The number of allylic oxidation sites excluding steroid dienone is 5. The molecule has 2 atom stereocenters. The molecule has 0 aliphatic carbocycles. The van der Waals surface area contributed by atoms with Gasteiger partial charge in [0.05, 0.1) is 25.4 Å². The van der Waals surface area contributed by atoms with Gasteiger partial charge in [0.2, 0.25) is 5.91 Å². The third-order valence-corrected chi connectivity index (χ3v) is 17.2. The van der Waals surface area contributed by atoms with Gasteiger partial charge in [-0.1, -0.05) is 365 Å². The molecule has 0 fully saturated rings. The van der Waals surface area contributed by atoms with Gasteiger partial charge in [0.25, 0.3) is 0 Å². The summed E-state index contributed by atoms with van der Waals surface area (Å²) in [6, 6.07) is -0.634. The summed E-state index contributed by atoms with van der Waals surface area (Å²) < 4.78 is 5.49. The van der Waals surface area contributed by atoms with E-state index in [2.05, 4.69) is 43.5 Å². The van der Waals surface area contributed by atoms with Crippen molar-refractivity contribution < 1.29 is 24.5 Å². The Bertz CT molecular complexity index is 1310. The van der Waals surface area contributed by atoms with Crippen LogP contribution in [0.5, 0.6) is 0 Å². The number of carbonyl (C=O) groups is 2. The van der Waals surface area contributed by atoms with Crippen LogP contribution < -0.4 is 5.32 Å². The molecular formula is C75H143NO5. The van der Waals surface area contributed by atoms with Crippen molar-refractivity contribution in [3.05, 3.63) is 36.5 Å². The number of aliphatic hydroxyl groups excluding tert-OH is 2. The number of carbonyl (C=O) groups excluding carboxylic acids is 2. The van der Waals surface area contributed by atoms with Crippen molar-refractivity contribution in [3.8, 4) is 0 Å². The quantitative estimate of drug-likeness (QED) is 0.0320. The molecule has 0 aromatic carbocycles. The van der Waals surface area contributed by atoms with Gasteiger partial charge < -0.3 is 20.3 Å². The van der Waals surface area contributed by atoms with Gasteiger partial charge in [-0.15, -0.1) is 0 Å².